The van der Waals surface area contributed by atoms with E-state index in [1.54, 1.807) is 18.3 Å². The Balaban J connectivity index is 2.59. The van der Waals surface area contributed by atoms with Gasteiger partial charge in [-0.2, -0.15) is 0 Å². The monoisotopic (exact) mass is 351 g/mol. The van der Waals surface area contributed by atoms with Gasteiger partial charge in [0.2, 0.25) is 5.91 Å². The summed E-state index contributed by atoms with van der Waals surface area (Å²) in [5, 5.41) is 4.31. The second-order valence-corrected chi connectivity index (χ2v) is 9.21. The van der Waals surface area contributed by atoms with Gasteiger partial charge in [0.25, 0.3) is 0 Å². The molecule has 18 heavy (non-hydrogen) atoms. The molecule has 0 spiro atoms. The summed E-state index contributed by atoms with van der Waals surface area (Å²) in [6, 6.07) is 1.94. The maximum Gasteiger partial charge on any atom is 0.235 e. The van der Waals surface area contributed by atoms with Crippen molar-refractivity contribution in [2.75, 3.05) is 0 Å². The molecule has 102 valence electrons. The zero-order chi connectivity index (χ0) is 13.9. The first-order valence-corrected chi connectivity index (χ1v) is 8.66. The SMILES string of the molecule is C[C@@H](C(=O)NC(C)(C)C)[S@](=O)Cc1csc(Br)c1. The van der Waals surface area contributed by atoms with Crippen molar-refractivity contribution in [1.29, 1.82) is 0 Å². The number of nitrogens with one attached hydrogen (secondary N) is 1. The molecule has 0 aliphatic carbocycles. The number of amides is 1. The van der Waals surface area contributed by atoms with Crippen LogP contribution >= 0.6 is 27.3 Å². The lowest BCUT2D eigenvalue weighted by Gasteiger charge is -2.22. The first-order valence-electron chi connectivity index (χ1n) is 5.61. The van der Waals surface area contributed by atoms with Crippen molar-refractivity contribution in [3.8, 4) is 0 Å². The van der Waals surface area contributed by atoms with Gasteiger partial charge in [-0.25, -0.2) is 0 Å². The minimum Gasteiger partial charge on any atom is -0.350 e. The Morgan fingerprint density at radius 1 is 1.56 bits per heavy atom. The van der Waals surface area contributed by atoms with Crippen LogP contribution < -0.4 is 5.32 Å². The van der Waals surface area contributed by atoms with Crippen molar-refractivity contribution < 1.29 is 9.00 Å². The number of carbonyl (C=O) groups is 1. The number of rotatable bonds is 4. The Labute approximate surface area is 123 Å². The summed E-state index contributed by atoms with van der Waals surface area (Å²) in [4.78, 5) is 11.9. The molecule has 2 atom stereocenters. The largest absolute Gasteiger partial charge is 0.350 e. The van der Waals surface area contributed by atoms with Crippen molar-refractivity contribution in [2.24, 2.45) is 0 Å². The molecular formula is C12H18BrNO2S2. The lowest BCUT2D eigenvalue weighted by molar-refractivity contribution is -0.121. The molecule has 1 rings (SSSR count). The first-order chi connectivity index (χ1) is 8.19. The van der Waals surface area contributed by atoms with E-state index in [-0.39, 0.29) is 11.4 Å². The summed E-state index contributed by atoms with van der Waals surface area (Å²) in [7, 11) is -1.19. The quantitative estimate of drug-likeness (QED) is 0.905. The average molecular weight is 352 g/mol. The van der Waals surface area contributed by atoms with E-state index in [4.69, 9.17) is 0 Å². The third-order valence-electron chi connectivity index (χ3n) is 2.19. The van der Waals surface area contributed by atoms with Gasteiger partial charge in [0.1, 0.15) is 5.25 Å². The fraction of sp³-hybridized carbons (Fsp3) is 0.583. The number of thiophene rings is 1. The Morgan fingerprint density at radius 3 is 2.61 bits per heavy atom. The highest BCUT2D eigenvalue weighted by molar-refractivity contribution is 9.11. The highest BCUT2D eigenvalue weighted by Gasteiger charge is 2.24. The maximum atomic E-state index is 12.1. The van der Waals surface area contributed by atoms with Crippen LogP contribution in [0.5, 0.6) is 0 Å². The lowest BCUT2D eigenvalue weighted by atomic mass is 10.1. The van der Waals surface area contributed by atoms with E-state index in [0.29, 0.717) is 5.75 Å². The summed E-state index contributed by atoms with van der Waals surface area (Å²) >= 11 is 4.93. The van der Waals surface area contributed by atoms with Crippen LogP contribution in [0.4, 0.5) is 0 Å². The highest BCUT2D eigenvalue weighted by Crippen LogP contribution is 2.22. The second kappa shape index (κ2) is 6.30. The first kappa shape index (κ1) is 15.9. The molecule has 6 heteroatoms. The summed E-state index contributed by atoms with van der Waals surface area (Å²) in [5.74, 6) is 0.260. The third-order valence-corrected chi connectivity index (χ3v) is 5.37. The molecule has 0 aliphatic heterocycles. The van der Waals surface area contributed by atoms with E-state index in [0.717, 1.165) is 9.35 Å². The molecule has 0 fully saturated rings. The average Bonchev–Trinajstić information content (AvgIpc) is 2.60. The standard InChI is InChI=1S/C12H18BrNO2S2/c1-8(11(15)14-12(2,3)4)18(16)7-9-5-10(13)17-6-9/h5-6,8H,7H2,1-4H3,(H,14,15)/t8-,18+/m0/s1. The third kappa shape index (κ3) is 5.20. The predicted molar refractivity (Wildman–Crippen MR) is 81.2 cm³/mol. The van der Waals surface area contributed by atoms with Gasteiger partial charge in [0.15, 0.2) is 0 Å². The molecule has 1 N–H and O–H groups in total. The zero-order valence-corrected chi connectivity index (χ0v) is 14.2. The Hall–Kier alpha value is -0.200. The van der Waals surface area contributed by atoms with Gasteiger partial charge < -0.3 is 5.32 Å². The van der Waals surface area contributed by atoms with E-state index in [9.17, 15) is 9.00 Å². The molecule has 0 unspecified atom stereocenters. The summed E-state index contributed by atoms with van der Waals surface area (Å²) < 4.78 is 13.1. The molecule has 0 bridgehead atoms. The smallest absolute Gasteiger partial charge is 0.235 e. The van der Waals surface area contributed by atoms with Crippen molar-refractivity contribution in [1.82, 2.24) is 5.32 Å². The molecule has 1 amide bonds. The predicted octanol–water partition coefficient (Wildman–Crippen LogP) is 3.06. The second-order valence-electron chi connectivity index (χ2n) is 5.17. The summed E-state index contributed by atoms with van der Waals surface area (Å²) in [6.07, 6.45) is 0. The van der Waals surface area contributed by atoms with Gasteiger partial charge in [-0.05, 0) is 60.6 Å². The van der Waals surface area contributed by atoms with Gasteiger partial charge in [0, 0.05) is 16.3 Å². The fourth-order valence-corrected chi connectivity index (χ4v) is 3.66. The topological polar surface area (TPSA) is 46.2 Å². The highest BCUT2D eigenvalue weighted by atomic mass is 79.9. The van der Waals surface area contributed by atoms with Gasteiger partial charge in [-0.3, -0.25) is 9.00 Å². The normalized spacial score (nSPS) is 15.2. The van der Waals surface area contributed by atoms with Gasteiger partial charge in [-0.15, -0.1) is 11.3 Å². The summed E-state index contributed by atoms with van der Waals surface area (Å²) in [5.41, 5.74) is 0.710. The maximum absolute atomic E-state index is 12.1. The lowest BCUT2D eigenvalue weighted by Crippen LogP contribution is -2.46. The van der Waals surface area contributed by atoms with Crippen molar-refractivity contribution >= 4 is 44.0 Å². The Bertz CT molecular complexity index is 451. The number of hydrogen-bond donors (Lipinski definition) is 1. The Morgan fingerprint density at radius 2 is 2.17 bits per heavy atom. The molecule has 0 saturated heterocycles. The van der Waals surface area contributed by atoms with Crippen molar-refractivity contribution in [3.05, 3.63) is 20.8 Å². The number of hydrogen-bond acceptors (Lipinski definition) is 3. The minimum absolute atomic E-state index is 0.157. The van der Waals surface area contributed by atoms with E-state index >= 15 is 0 Å². The van der Waals surface area contributed by atoms with Crippen LogP contribution in [0.25, 0.3) is 0 Å². The van der Waals surface area contributed by atoms with E-state index < -0.39 is 16.0 Å². The molecule has 0 aliphatic rings. The van der Waals surface area contributed by atoms with Gasteiger partial charge >= 0.3 is 0 Å². The molecule has 1 aromatic heterocycles. The molecule has 1 heterocycles. The van der Waals surface area contributed by atoms with Crippen molar-refractivity contribution in [3.63, 3.8) is 0 Å². The van der Waals surface area contributed by atoms with Crippen LogP contribution in [0, 0.1) is 0 Å². The number of carbonyl (C=O) groups excluding carboxylic acids is 1. The van der Waals surface area contributed by atoms with E-state index in [2.05, 4.69) is 21.2 Å². The van der Waals surface area contributed by atoms with Gasteiger partial charge in [0.05, 0.1) is 9.54 Å². The van der Waals surface area contributed by atoms with Crippen LogP contribution in [-0.4, -0.2) is 20.9 Å². The van der Waals surface area contributed by atoms with Crippen LogP contribution in [0.1, 0.15) is 33.3 Å². The van der Waals surface area contributed by atoms with E-state index in [1.165, 1.54) is 0 Å². The molecule has 0 saturated carbocycles. The van der Waals surface area contributed by atoms with Crippen LogP contribution in [0.3, 0.4) is 0 Å². The van der Waals surface area contributed by atoms with Crippen molar-refractivity contribution in [2.45, 2.75) is 44.2 Å². The molecular weight excluding hydrogens is 334 g/mol. The van der Waals surface area contributed by atoms with Crippen LogP contribution in [-0.2, 0) is 21.3 Å². The van der Waals surface area contributed by atoms with E-state index in [1.807, 2.05) is 32.2 Å². The van der Waals surface area contributed by atoms with Crippen LogP contribution in [0.15, 0.2) is 15.2 Å². The minimum atomic E-state index is -1.19. The number of halogens is 1. The molecule has 1 aromatic rings. The van der Waals surface area contributed by atoms with Gasteiger partial charge in [-0.1, -0.05) is 0 Å². The molecule has 0 radical (unpaired) electrons. The zero-order valence-electron chi connectivity index (χ0n) is 11.0. The summed E-state index contributed by atoms with van der Waals surface area (Å²) in [6.45, 7) is 7.45. The fourth-order valence-electron chi connectivity index (χ4n) is 1.30. The Kier molecular flexibility index (Phi) is 5.55. The molecule has 3 nitrogen and oxygen atoms in total. The molecule has 0 aromatic carbocycles. The van der Waals surface area contributed by atoms with Crippen LogP contribution in [0.2, 0.25) is 0 Å².